The van der Waals surface area contributed by atoms with Crippen LogP contribution in [-0.4, -0.2) is 63.8 Å². The summed E-state index contributed by atoms with van der Waals surface area (Å²) < 4.78 is 10.7. The second kappa shape index (κ2) is 4.73. The van der Waals surface area contributed by atoms with E-state index in [1.54, 1.807) is 13.8 Å². The Kier molecular flexibility index (Phi) is 4.05. The van der Waals surface area contributed by atoms with E-state index in [0.29, 0.717) is 0 Å². The fourth-order valence-corrected chi connectivity index (χ4v) is 1.62. The number of hydrogen-bond acceptors (Lipinski definition) is 6. The predicted octanol–water partition coefficient (Wildman–Crippen LogP) is -1.79. The van der Waals surface area contributed by atoms with Gasteiger partial charge >= 0.3 is 0 Å². The normalized spacial score (nSPS) is 34.0. The van der Waals surface area contributed by atoms with Gasteiger partial charge < -0.3 is 29.9 Å². The maximum atomic E-state index is 9.46. The number of aliphatic hydroxyl groups is 4. The van der Waals surface area contributed by atoms with E-state index in [9.17, 15) is 10.2 Å². The Bertz CT molecular complexity index is 187. The van der Waals surface area contributed by atoms with E-state index in [1.165, 1.54) is 0 Å². The summed E-state index contributed by atoms with van der Waals surface area (Å²) in [6.07, 6.45) is -3.96. The Morgan fingerprint density at radius 1 is 1.00 bits per heavy atom. The van der Waals surface area contributed by atoms with Gasteiger partial charge in [-0.25, -0.2) is 0 Å². The van der Waals surface area contributed by atoms with Crippen LogP contribution in [0.4, 0.5) is 0 Å². The summed E-state index contributed by atoms with van der Waals surface area (Å²) in [6, 6.07) is 0. The monoisotopic (exact) mass is 222 g/mol. The molecule has 0 aromatic rings. The van der Waals surface area contributed by atoms with Gasteiger partial charge in [0.1, 0.15) is 24.4 Å². The molecule has 0 aliphatic carbocycles. The van der Waals surface area contributed by atoms with Gasteiger partial charge in [0.05, 0.1) is 13.2 Å². The minimum absolute atomic E-state index is 0.487. The molecule has 4 atom stereocenters. The van der Waals surface area contributed by atoms with Gasteiger partial charge in [0, 0.05) is 0 Å². The largest absolute Gasteiger partial charge is 0.394 e. The summed E-state index contributed by atoms with van der Waals surface area (Å²) in [4.78, 5) is 0. The molecular weight excluding hydrogens is 204 g/mol. The van der Waals surface area contributed by atoms with Crippen molar-refractivity contribution >= 4 is 0 Å². The summed E-state index contributed by atoms with van der Waals surface area (Å²) in [5, 5.41) is 36.5. The van der Waals surface area contributed by atoms with E-state index in [1.807, 2.05) is 0 Å². The molecule has 15 heavy (non-hydrogen) atoms. The first-order chi connectivity index (χ1) is 6.91. The first-order valence-corrected chi connectivity index (χ1v) is 4.85. The molecule has 2 unspecified atom stereocenters. The topological polar surface area (TPSA) is 99.4 Å². The van der Waals surface area contributed by atoms with Crippen molar-refractivity contribution in [2.45, 2.75) is 44.1 Å². The van der Waals surface area contributed by atoms with Gasteiger partial charge in [-0.1, -0.05) is 0 Å². The highest BCUT2D eigenvalue weighted by molar-refractivity contribution is 4.90. The molecule has 0 radical (unpaired) electrons. The molecule has 1 heterocycles. The molecule has 0 spiro atoms. The van der Waals surface area contributed by atoms with E-state index in [2.05, 4.69) is 0 Å². The van der Waals surface area contributed by atoms with Gasteiger partial charge in [0.2, 0.25) is 0 Å². The van der Waals surface area contributed by atoms with Gasteiger partial charge in [0.15, 0.2) is 5.79 Å². The lowest BCUT2D eigenvalue weighted by atomic mass is 10.0. The molecule has 6 nitrogen and oxygen atoms in total. The zero-order valence-corrected chi connectivity index (χ0v) is 8.83. The lowest BCUT2D eigenvalue weighted by Crippen LogP contribution is -2.45. The summed E-state index contributed by atoms with van der Waals surface area (Å²) in [7, 11) is 0. The van der Waals surface area contributed by atoms with E-state index in [-0.39, 0.29) is 0 Å². The molecule has 0 aromatic heterocycles. The highest BCUT2D eigenvalue weighted by Crippen LogP contribution is 2.31. The molecule has 4 N–H and O–H groups in total. The molecule has 0 bridgehead atoms. The fraction of sp³-hybridized carbons (Fsp3) is 1.00. The lowest BCUT2D eigenvalue weighted by Gasteiger charge is -2.23. The zero-order chi connectivity index (χ0) is 11.6. The van der Waals surface area contributed by atoms with Crippen molar-refractivity contribution in [3.63, 3.8) is 0 Å². The van der Waals surface area contributed by atoms with Crippen molar-refractivity contribution in [3.8, 4) is 0 Å². The maximum absolute atomic E-state index is 9.46. The molecule has 1 saturated heterocycles. The Hall–Kier alpha value is -0.240. The predicted molar refractivity (Wildman–Crippen MR) is 50.0 cm³/mol. The Labute approximate surface area is 88.1 Å². The second-order valence-electron chi connectivity index (χ2n) is 4.06. The first-order valence-electron chi connectivity index (χ1n) is 4.85. The van der Waals surface area contributed by atoms with Crippen molar-refractivity contribution in [1.29, 1.82) is 0 Å². The van der Waals surface area contributed by atoms with Crippen molar-refractivity contribution in [1.82, 2.24) is 0 Å². The quantitative estimate of drug-likeness (QED) is 0.448. The molecule has 1 aliphatic heterocycles. The fourth-order valence-electron chi connectivity index (χ4n) is 1.62. The average molecular weight is 222 g/mol. The minimum atomic E-state index is -1.14. The molecule has 0 aromatic carbocycles. The third-order valence-electron chi connectivity index (χ3n) is 2.30. The molecular formula is C9H18O6. The molecule has 1 fully saturated rings. The number of ether oxygens (including phenoxy) is 2. The van der Waals surface area contributed by atoms with Gasteiger partial charge in [-0.3, -0.25) is 0 Å². The molecule has 1 rings (SSSR count). The van der Waals surface area contributed by atoms with Crippen LogP contribution in [0.15, 0.2) is 0 Å². The minimum Gasteiger partial charge on any atom is -0.394 e. The van der Waals surface area contributed by atoms with Crippen molar-refractivity contribution in [2.24, 2.45) is 0 Å². The second-order valence-corrected chi connectivity index (χ2v) is 4.06. The maximum Gasteiger partial charge on any atom is 0.164 e. The molecule has 90 valence electrons. The summed E-state index contributed by atoms with van der Waals surface area (Å²) in [6.45, 7) is 2.29. The van der Waals surface area contributed by atoms with Crippen LogP contribution >= 0.6 is 0 Å². The van der Waals surface area contributed by atoms with Crippen LogP contribution in [0.2, 0.25) is 0 Å². The highest BCUT2D eigenvalue weighted by atomic mass is 16.8. The Morgan fingerprint density at radius 2 is 1.33 bits per heavy atom. The Balaban J connectivity index is 2.74. The third kappa shape index (κ3) is 2.87. The SMILES string of the molecule is CC1(C)OC([C@@H](O)CO)C([C@@H](O)CO)O1. The van der Waals surface area contributed by atoms with Crippen LogP contribution in [0.1, 0.15) is 13.8 Å². The van der Waals surface area contributed by atoms with E-state index in [0.717, 1.165) is 0 Å². The Morgan fingerprint density at radius 3 is 1.60 bits per heavy atom. The van der Waals surface area contributed by atoms with Crippen LogP contribution in [0.25, 0.3) is 0 Å². The average Bonchev–Trinajstić information content (AvgIpc) is 2.52. The molecule has 1 aliphatic rings. The number of hydrogen-bond donors (Lipinski definition) is 4. The molecule has 0 saturated carbocycles. The first kappa shape index (κ1) is 12.8. The van der Waals surface area contributed by atoms with Crippen molar-refractivity contribution < 1.29 is 29.9 Å². The summed E-state index contributed by atoms with van der Waals surface area (Å²) in [5.41, 5.74) is 0. The van der Waals surface area contributed by atoms with Gasteiger partial charge in [-0.2, -0.15) is 0 Å². The molecule has 6 heteroatoms. The van der Waals surface area contributed by atoms with E-state index in [4.69, 9.17) is 19.7 Å². The molecule has 0 amide bonds. The van der Waals surface area contributed by atoms with Crippen LogP contribution in [0.3, 0.4) is 0 Å². The van der Waals surface area contributed by atoms with Gasteiger partial charge in [-0.15, -0.1) is 0 Å². The van der Waals surface area contributed by atoms with Crippen molar-refractivity contribution in [2.75, 3.05) is 13.2 Å². The van der Waals surface area contributed by atoms with Crippen LogP contribution < -0.4 is 0 Å². The number of aliphatic hydroxyl groups excluding tert-OH is 4. The standard InChI is InChI=1S/C9H18O6/c1-9(2)14-7(5(12)3-10)8(15-9)6(13)4-11/h5-8,10-13H,3-4H2,1-2H3/t5-,6-,7?,8?/m0/s1. The third-order valence-corrected chi connectivity index (χ3v) is 2.30. The van der Waals surface area contributed by atoms with Gasteiger partial charge in [-0.05, 0) is 13.8 Å². The zero-order valence-electron chi connectivity index (χ0n) is 8.83. The highest BCUT2D eigenvalue weighted by Gasteiger charge is 2.47. The summed E-state index contributed by atoms with van der Waals surface area (Å²) in [5.74, 6) is -0.943. The van der Waals surface area contributed by atoms with Crippen LogP contribution in [0.5, 0.6) is 0 Å². The smallest absolute Gasteiger partial charge is 0.164 e. The van der Waals surface area contributed by atoms with Crippen LogP contribution in [-0.2, 0) is 9.47 Å². The number of rotatable bonds is 4. The summed E-state index contributed by atoms with van der Waals surface area (Å²) >= 11 is 0. The van der Waals surface area contributed by atoms with Crippen molar-refractivity contribution in [3.05, 3.63) is 0 Å². The lowest BCUT2D eigenvalue weighted by molar-refractivity contribution is -0.163. The van der Waals surface area contributed by atoms with Crippen LogP contribution in [0, 0.1) is 0 Å². The van der Waals surface area contributed by atoms with Gasteiger partial charge in [0.25, 0.3) is 0 Å². The van der Waals surface area contributed by atoms with E-state index >= 15 is 0 Å². The van der Waals surface area contributed by atoms with E-state index < -0.39 is 43.4 Å².